The Hall–Kier alpha value is -1.62. The lowest BCUT2D eigenvalue weighted by Crippen LogP contribution is -2.36. The minimum Gasteiger partial charge on any atom is -0.396 e. The molecule has 0 aliphatic carbocycles. The van der Waals surface area contributed by atoms with Gasteiger partial charge in [0.05, 0.1) is 0 Å². The van der Waals surface area contributed by atoms with Crippen LogP contribution in [0.15, 0.2) is 18.3 Å². The number of carbonyl (C=O) groups is 1. The van der Waals surface area contributed by atoms with E-state index in [2.05, 4.69) is 10.3 Å². The van der Waals surface area contributed by atoms with Crippen molar-refractivity contribution in [1.82, 2.24) is 10.3 Å². The van der Waals surface area contributed by atoms with Crippen LogP contribution < -0.4 is 10.2 Å². The van der Waals surface area contributed by atoms with Crippen LogP contribution in [0.25, 0.3) is 0 Å². The standard InChI is InChI=1S/C13H21N3O2/c1-13(2,9-17)8-15-12(18)10-5-6-14-11(7-10)16(3)4/h5-7,17H,8-9H2,1-4H3,(H,15,18). The summed E-state index contributed by atoms with van der Waals surface area (Å²) < 4.78 is 0. The number of amides is 1. The minimum atomic E-state index is -0.312. The average molecular weight is 251 g/mol. The largest absolute Gasteiger partial charge is 0.396 e. The van der Waals surface area contributed by atoms with Gasteiger partial charge in [-0.05, 0) is 12.1 Å². The molecular weight excluding hydrogens is 230 g/mol. The smallest absolute Gasteiger partial charge is 0.251 e. The van der Waals surface area contributed by atoms with E-state index < -0.39 is 0 Å². The molecule has 0 saturated carbocycles. The third-order valence-corrected chi connectivity index (χ3v) is 2.62. The van der Waals surface area contributed by atoms with Gasteiger partial charge >= 0.3 is 0 Å². The van der Waals surface area contributed by atoms with Gasteiger partial charge in [0, 0.05) is 44.4 Å². The third kappa shape index (κ3) is 4.00. The molecule has 0 spiro atoms. The quantitative estimate of drug-likeness (QED) is 0.816. The summed E-state index contributed by atoms with van der Waals surface area (Å²) in [6, 6.07) is 3.41. The summed E-state index contributed by atoms with van der Waals surface area (Å²) in [5.74, 6) is 0.589. The molecule has 5 nitrogen and oxygen atoms in total. The zero-order valence-electron chi connectivity index (χ0n) is 11.4. The van der Waals surface area contributed by atoms with E-state index in [1.807, 2.05) is 32.8 Å². The number of pyridine rings is 1. The summed E-state index contributed by atoms with van der Waals surface area (Å²) in [6.45, 7) is 4.25. The number of nitrogens with one attached hydrogen (secondary N) is 1. The van der Waals surface area contributed by atoms with Crippen molar-refractivity contribution in [3.63, 3.8) is 0 Å². The van der Waals surface area contributed by atoms with E-state index in [0.29, 0.717) is 12.1 Å². The van der Waals surface area contributed by atoms with Gasteiger partial charge in [0.25, 0.3) is 5.91 Å². The normalized spacial score (nSPS) is 11.2. The lowest BCUT2D eigenvalue weighted by molar-refractivity contribution is 0.0911. The maximum Gasteiger partial charge on any atom is 0.251 e. The molecule has 0 aliphatic heterocycles. The summed E-state index contributed by atoms with van der Waals surface area (Å²) >= 11 is 0. The van der Waals surface area contributed by atoms with Crippen LogP contribution in [0.2, 0.25) is 0 Å². The van der Waals surface area contributed by atoms with Crippen LogP contribution >= 0.6 is 0 Å². The number of carbonyl (C=O) groups excluding carboxylic acids is 1. The molecule has 5 heteroatoms. The zero-order valence-corrected chi connectivity index (χ0v) is 11.4. The second-order valence-electron chi connectivity index (χ2n) is 5.30. The van der Waals surface area contributed by atoms with E-state index in [1.54, 1.807) is 18.3 Å². The van der Waals surface area contributed by atoms with E-state index >= 15 is 0 Å². The Morgan fingerprint density at radius 2 is 2.17 bits per heavy atom. The van der Waals surface area contributed by atoms with E-state index in [4.69, 9.17) is 5.11 Å². The maximum absolute atomic E-state index is 11.9. The molecule has 1 amide bonds. The monoisotopic (exact) mass is 251 g/mol. The average Bonchev–Trinajstić information content (AvgIpc) is 2.36. The number of hydrogen-bond donors (Lipinski definition) is 2. The molecule has 0 aliphatic rings. The maximum atomic E-state index is 11.9. The van der Waals surface area contributed by atoms with E-state index in [9.17, 15) is 4.79 Å². The van der Waals surface area contributed by atoms with E-state index in [1.165, 1.54) is 0 Å². The molecule has 1 aromatic rings. The van der Waals surface area contributed by atoms with Gasteiger partial charge in [0.1, 0.15) is 5.82 Å². The Morgan fingerprint density at radius 3 is 2.72 bits per heavy atom. The molecule has 0 atom stereocenters. The van der Waals surface area contributed by atoms with Gasteiger partial charge in [-0.1, -0.05) is 13.8 Å². The lowest BCUT2D eigenvalue weighted by atomic mass is 9.95. The predicted octanol–water partition coefficient (Wildman–Crippen LogP) is 0.896. The summed E-state index contributed by atoms with van der Waals surface area (Å²) in [6.07, 6.45) is 1.61. The molecule has 0 bridgehead atoms. The first-order valence-corrected chi connectivity index (χ1v) is 5.88. The van der Waals surface area contributed by atoms with Gasteiger partial charge in [0.15, 0.2) is 0 Å². The number of rotatable bonds is 5. The molecule has 1 rings (SSSR count). The van der Waals surface area contributed by atoms with Crippen LogP contribution in [0.5, 0.6) is 0 Å². The van der Waals surface area contributed by atoms with Crippen molar-refractivity contribution in [3.05, 3.63) is 23.9 Å². The van der Waals surface area contributed by atoms with Gasteiger partial charge in [-0.15, -0.1) is 0 Å². The molecule has 100 valence electrons. The molecular formula is C13H21N3O2. The lowest BCUT2D eigenvalue weighted by Gasteiger charge is -2.22. The van der Waals surface area contributed by atoms with Gasteiger partial charge in [0.2, 0.25) is 0 Å². The highest BCUT2D eigenvalue weighted by Crippen LogP contribution is 2.13. The van der Waals surface area contributed by atoms with Gasteiger partial charge < -0.3 is 15.3 Å². The van der Waals surface area contributed by atoms with E-state index in [-0.39, 0.29) is 17.9 Å². The number of aromatic nitrogens is 1. The number of aliphatic hydroxyl groups is 1. The molecule has 0 fully saturated rings. The highest BCUT2D eigenvalue weighted by molar-refractivity contribution is 5.94. The first-order chi connectivity index (χ1) is 8.35. The van der Waals surface area contributed by atoms with Gasteiger partial charge in [-0.25, -0.2) is 4.98 Å². The van der Waals surface area contributed by atoms with Crippen LogP contribution in [-0.2, 0) is 0 Å². The SMILES string of the molecule is CN(C)c1cc(C(=O)NCC(C)(C)CO)ccn1. The predicted molar refractivity (Wildman–Crippen MR) is 71.8 cm³/mol. The van der Waals surface area contributed by atoms with Gasteiger partial charge in [-0.2, -0.15) is 0 Å². The van der Waals surface area contributed by atoms with Crippen molar-refractivity contribution in [3.8, 4) is 0 Å². The fraction of sp³-hybridized carbons (Fsp3) is 0.538. The van der Waals surface area contributed by atoms with Gasteiger partial charge in [-0.3, -0.25) is 4.79 Å². The Bertz CT molecular complexity index is 416. The van der Waals surface area contributed by atoms with Crippen LogP contribution in [0.4, 0.5) is 5.82 Å². The molecule has 2 N–H and O–H groups in total. The molecule has 18 heavy (non-hydrogen) atoms. The number of nitrogens with zero attached hydrogens (tertiary/aromatic N) is 2. The molecule has 0 unspecified atom stereocenters. The van der Waals surface area contributed by atoms with Crippen molar-refractivity contribution in [2.24, 2.45) is 5.41 Å². The fourth-order valence-electron chi connectivity index (χ4n) is 1.28. The van der Waals surface area contributed by atoms with Crippen LogP contribution in [0, 0.1) is 5.41 Å². The summed E-state index contributed by atoms with van der Waals surface area (Å²) in [7, 11) is 3.75. The van der Waals surface area contributed by atoms with Crippen molar-refractivity contribution >= 4 is 11.7 Å². The highest BCUT2D eigenvalue weighted by Gasteiger charge is 2.18. The van der Waals surface area contributed by atoms with Crippen molar-refractivity contribution in [2.45, 2.75) is 13.8 Å². The molecule has 0 radical (unpaired) electrons. The molecule has 0 saturated heterocycles. The topological polar surface area (TPSA) is 65.5 Å². The Kier molecular flexibility index (Phi) is 4.67. The summed E-state index contributed by atoms with van der Waals surface area (Å²) in [5, 5.41) is 11.9. The van der Waals surface area contributed by atoms with Crippen molar-refractivity contribution < 1.29 is 9.90 Å². The molecule has 0 aromatic carbocycles. The molecule has 1 aromatic heterocycles. The Balaban J connectivity index is 2.70. The second kappa shape index (κ2) is 5.82. The summed E-state index contributed by atoms with van der Waals surface area (Å²) in [4.78, 5) is 17.9. The van der Waals surface area contributed by atoms with Crippen molar-refractivity contribution in [2.75, 3.05) is 32.1 Å². The second-order valence-corrected chi connectivity index (χ2v) is 5.30. The van der Waals surface area contributed by atoms with Crippen molar-refractivity contribution in [1.29, 1.82) is 0 Å². The Labute approximate surface area is 108 Å². The first kappa shape index (κ1) is 14.4. The van der Waals surface area contributed by atoms with E-state index in [0.717, 1.165) is 5.82 Å². The number of anilines is 1. The van der Waals surface area contributed by atoms with Crippen LogP contribution in [-0.4, -0.2) is 43.2 Å². The minimum absolute atomic E-state index is 0.0343. The number of hydrogen-bond acceptors (Lipinski definition) is 4. The third-order valence-electron chi connectivity index (χ3n) is 2.62. The number of aliphatic hydroxyl groups excluding tert-OH is 1. The van der Waals surface area contributed by atoms with Crippen LogP contribution in [0.1, 0.15) is 24.2 Å². The zero-order chi connectivity index (χ0) is 13.8. The summed E-state index contributed by atoms with van der Waals surface area (Å²) in [5.41, 5.74) is 0.259. The Morgan fingerprint density at radius 1 is 1.50 bits per heavy atom. The first-order valence-electron chi connectivity index (χ1n) is 5.88. The van der Waals surface area contributed by atoms with Crippen LogP contribution in [0.3, 0.4) is 0 Å². The molecule has 1 heterocycles. The highest BCUT2D eigenvalue weighted by atomic mass is 16.3. The fourth-order valence-corrected chi connectivity index (χ4v) is 1.28.